The summed E-state index contributed by atoms with van der Waals surface area (Å²) in [5.74, 6) is -0.128. The lowest BCUT2D eigenvalue weighted by Crippen LogP contribution is -2.34. The molecule has 0 aliphatic carbocycles. The summed E-state index contributed by atoms with van der Waals surface area (Å²) in [4.78, 5) is 25.7. The summed E-state index contributed by atoms with van der Waals surface area (Å²) in [6.45, 7) is 2.18. The number of urea groups is 1. The molecule has 3 amide bonds. The zero-order chi connectivity index (χ0) is 11.5. The van der Waals surface area contributed by atoms with Crippen molar-refractivity contribution < 1.29 is 9.59 Å². The lowest BCUT2D eigenvalue weighted by molar-refractivity contribution is -0.126. The molecule has 4 nitrogen and oxygen atoms in total. The van der Waals surface area contributed by atoms with Gasteiger partial charge >= 0.3 is 6.03 Å². The first-order valence-electron chi connectivity index (χ1n) is 5.37. The average molecular weight is 238 g/mol. The van der Waals surface area contributed by atoms with E-state index in [4.69, 9.17) is 0 Å². The topological polar surface area (TPSA) is 49.4 Å². The first kappa shape index (κ1) is 11.1. The van der Waals surface area contributed by atoms with Crippen LogP contribution in [0.3, 0.4) is 0 Å². The van der Waals surface area contributed by atoms with Gasteiger partial charge < -0.3 is 5.32 Å². The quantitative estimate of drug-likeness (QED) is 0.817. The highest BCUT2D eigenvalue weighted by atomic mass is 32.1. The summed E-state index contributed by atoms with van der Waals surface area (Å²) < 4.78 is 0. The molecule has 0 saturated carbocycles. The lowest BCUT2D eigenvalue weighted by atomic mass is 10.1. The normalized spacial score (nSPS) is 17.7. The number of hydrogen-bond acceptors (Lipinski definition) is 3. The molecule has 1 aromatic heterocycles. The maximum atomic E-state index is 11.6. The van der Waals surface area contributed by atoms with E-state index in [-0.39, 0.29) is 24.5 Å². The van der Waals surface area contributed by atoms with Gasteiger partial charge in [-0.3, -0.25) is 9.69 Å². The second-order valence-corrected chi connectivity index (χ2v) is 4.72. The van der Waals surface area contributed by atoms with Crippen molar-refractivity contribution in [3.63, 3.8) is 0 Å². The van der Waals surface area contributed by atoms with Crippen molar-refractivity contribution in [3.05, 3.63) is 22.4 Å². The van der Waals surface area contributed by atoms with Gasteiger partial charge in [-0.25, -0.2) is 4.79 Å². The van der Waals surface area contributed by atoms with Crippen molar-refractivity contribution in [2.24, 2.45) is 0 Å². The Morgan fingerprint density at radius 3 is 2.88 bits per heavy atom. The SMILES string of the molecule is CCCC(c1cccs1)N1C(=O)CNC1=O. The van der Waals surface area contributed by atoms with E-state index in [1.54, 1.807) is 11.3 Å². The van der Waals surface area contributed by atoms with Crippen LogP contribution >= 0.6 is 11.3 Å². The van der Waals surface area contributed by atoms with Crippen LogP contribution in [-0.2, 0) is 4.79 Å². The van der Waals surface area contributed by atoms with Gasteiger partial charge in [0.1, 0.15) is 0 Å². The summed E-state index contributed by atoms with van der Waals surface area (Å²) in [5, 5.41) is 4.53. The van der Waals surface area contributed by atoms with Crippen molar-refractivity contribution in [1.29, 1.82) is 0 Å². The van der Waals surface area contributed by atoms with Crippen LogP contribution in [0.4, 0.5) is 4.79 Å². The Labute approximate surface area is 98.3 Å². The van der Waals surface area contributed by atoms with Crippen LogP contribution in [0.5, 0.6) is 0 Å². The molecule has 2 heterocycles. The Balaban J connectivity index is 2.25. The Morgan fingerprint density at radius 2 is 2.38 bits per heavy atom. The Kier molecular flexibility index (Phi) is 3.24. The van der Waals surface area contributed by atoms with Crippen LogP contribution in [0.2, 0.25) is 0 Å². The molecule has 1 aliphatic rings. The fourth-order valence-corrected chi connectivity index (χ4v) is 2.75. The van der Waals surface area contributed by atoms with Gasteiger partial charge in [-0.2, -0.15) is 0 Å². The molecule has 1 saturated heterocycles. The summed E-state index contributed by atoms with van der Waals surface area (Å²) in [7, 11) is 0. The maximum absolute atomic E-state index is 11.6. The molecule has 1 aliphatic heterocycles. The van der Waals surface area contributed by atoms with Crippen molar-refractivity contribution in [2.45, 2.75) is 25.8 Å². The van der Waals surface area contributed by atoms with Crippen LogP contribution in [0, 0.1) is 0 Å². The van der Waals surface area contributed by atoms with E-state index in [0.717, 1.165) is 17.7 Å². The van der Waals surface area contributed by atoms with Crippen molar-refractivity contribution >= 4 is 23.3 Å². The number of nitrogens with zero attached hydrogens (tertiary/aromatic N) is 1. The van der Waals surface area contributed by atoms with Crippen LogP contribution in [0.25, 0.3) is 0 Å². The van der Waals surface area contributed by atoms with Crippen LogP contribution in [0.1, 0.15) is 30.7 Å². The van der Waals surface area contributed by atoms with Gasteiger partial charge in [-0.15, -0.1) is 11.3 Å². The number of thiophene rings is 1. The second kappa shape index (κ2) is 4.65. The number of carbonyl (C=O) groups is 2. The molecule has 0 bridgehead atoms. The molecule has 5 heteroatoms. The zero-order valence-electron chi connectivity index (χ0n) is 9.10. The van der Waals surface area contributed by atoms with Gasteiger partial charge in [0.15, 0.2) is 0 Å². The fourth-order valence-electron chi connectivity index (χ4n) is 1.90. The van der Waals surface area contributed by atoms with E-state index in [1.807, 2.05) is 17.5 Å². The van der Waals surface area contributed by atoms with Gasteiger partial charge in [0.25, 0.3) is 5.91 Å². The van der Waals surface area contributed by atoms with Crippen molar-refractivity contribution in [3.8, 4) is 0 Å². The molecule has 0 radical (unpaired) electrons. The van der Waals surface area contributed by atoms with E-state index < -0.39 is 0 Å². The van der Waals surface area contributed by atoms with E-state index in [2.05, 4.69) is 12.2 Å². The molecular formula is C11H14N2O2S. The number of amides is 3. The minimum atomic E-state index is -0.267. The van der Waals surface area contributed by atoms with E-state index in [9.17, 15) is 9.59 Å². The third-order valence-electron chi connectivity index (χ3n) is 2.62. The second-order valence-electron chi connectivity index (χ2n) is 3.74. The predicted octanol–water partition coefficient (Wildman–Crippen LogP) is 2.14. The molecule has 0 spiro atoms. The first-order chi connectivity index (χ1) is 7.74. The van der Waals surface area contributed by atoms with Gasteiger partial charge in [0, 0.05) is 4.88 Å². The Bertz CT molecular complexity index is 373. The summed E-state index contributed by atoms with van der Waals surface area (Å²) in [6, 6.07) is 3.56. The van der Waals surface area contributed by atoms with E-state index >= 15 is 0 Å². The van der Waals surface area contributed by atoms with Crippen LogP contribution in [0.15, 0.2) is 17.5 Å². The number of imide groups is 1. The average Bonchev–Trinajstić information content (AvgIpc) is 2.87. The molecule has 16 heavy (non-hydrogen) atoms. The largest absolute Gasteiger partial charge is 0.329 e. The standard InChI is InChI=1S/C11H14N2O2S/c1-2-4-8(9-5-3-6-16-9)13-10(14)7-12-11(13)15/h3,5-6,8H,2,4,7H2,1H3,(H,12,15). The number of nitrogens with one attached hydrogen (secondary N) is 1. The third kappa shape index (κ3) is 1.95. The Hall–Kier alpha value is -1.36. The molecule has 86 valence electrons. The highest BCUT2D eigenvalue weighted by molar-refractivity contribution is 7.10. The molecule has 1 unspecified atom stereocenters. The molecule has 2 rings (SSSR count). The minimum Gasteiger partial charge on any atom is -0.329 e. The van der Waals surface area contributed by atoms with Gasteiger partial charge in [0.05, 0.1) is 12.6 Å². The number of hydrogen-bond donors (Lipinski definition) is 1. The first-order valence-corrected chi connectivity index (χ1v) is 6.25. The van der Waals surface area contributed by atoms with E-state index in [0.29, 0.717) is 0 Å². The van der Waals surface area contributed by atoms with Crippen molar-refractivity contribution in [1.82, 2.24) is 10.2 Å². The molecule has 1 atom stereocenters. The molecule has 0 aromatic carbocycles. The number of carbonyl (C=O) groups excluding carboxylic acids is 2. The van der Waals surface area contributed by atoms with Crippen LogP contribution in [-0.4, -0.2) is 23.4 Å². The van der Waals surface area contributed by atoms with Crippen molar-refractivity contribution in [2.75, 3.05) is 6.54 Å². The van der Waals surface area contributed by atoms with Gasteiger partial charge in [-0.1, -0.05) is 19.4 Å². The summed E-state index contributed by atoms with van der Waals surface area (Å²) >= 11 is 1.59. The molecular weight excluding hydrogens is 224 g/mol. The lowest BCUT2D eigenvalue weighted by Gasteiger charge is -2.23. The molecule has 1 aromatic rings. The smallest absolute Gasteiger partial charge is 0.325 e. The number of rotatable bonds is 4. The molecule has 1 fully saturated rings. The van der Waals surface area contributed by atoms with Gasteiger partial charge in [0.2, 0.25) is 0 Å². The van der Waals surface area contributed by atoms with E-state index in [1.165, 1.54) is 4.90 Å². The highest BCUT2D eigenvalue weighted by Crippen LogP contribution is 2.30. The minimum absolute atomic E-state index is 0.0972. The highest BCUT2D eigenvalue weighted by Gasteiger charge is 2.35. The van der Waals surface area contributed by atoms with Crippen LogP contribution < -0.4 is 5.32 Å². The monoisotopic (exact) mass is 238 g/mol. The summed E-state index contributed by atoms with van der Waals surface area (Å²) in [6.07, 6.45) is 1.76. The third-order valence-corrected chi connectivity index (χ3v) is 3.60. The predicted molar refractivity (Wildman–Crippen MR) is 62.2 cm³/mol. The fraction of sp³-hybridized carbons (Fsp3) is 0.455. The maximum Gasteiger partial charge on any atom is 0.325 e. The zero-order valence-corrected chi connectivity index (χ0v) is 9.92. The Morgan fingerprint density at radius 1 is 1.56 bits per heavy atom. The van der Waals surface area contributed by atoms with Gasteiger partial charge in [-0.05, 0) is 17.9 Å². The summed E-state index contributed by atoms with van der Waals surface area (Å²) in [5.41, 5.74) is 0. The molecule has 1 N–H and O–H groups in total.